The average molecular weight is 286 g/mol. The van der Waals surface area contributed by atoms with E-state index < -0.39 is 0 Å². The second kappa shape index (κ2) is 6.39. The number of rotatable bonds is 4. The van der Waals surface area contributed by atoms with E-state index in [2.05, 4.69) is 10.3 Å². The number of benzene rings is 1. The Balaban J connectivity index is 1.52. The molecule has 1 aromatic heterocycles. The highest BCUT2D eigenvalue weighted by Gasteiger charge is 2.19. The van der Waals surface area contributed by atoms with Crippen LogP contribution >= 0.6 is 0 Å². The summed E-state index contributed by atoms with van der Waals surface area (Å²) in [6.07, 6.45) is 3.67. The van der Waals surface area contributed by atoms with Gasteiger partial charge in [0.25, 0.3) is 0 Å². The molecule has 3 rings (SSSR count). The van der Waals surface area contributed by atoms with E-state index in [1.165, 1.54) is 0 Å². The zero-order valence-electron chi connectivity index (χ0n) is 11.8. The van der Waals surface area contributed by atoms with Crippen LogP contribution in [0.15, 0.2) is 36.5 Å². The number of aromatic nitrogens is 3. The predicted molar refractivity (Wildman–Crippen MR) is 76.6 cm³/mol. The monoisotopic (exact) mass is 286 g/mol. The fourth-order valence-electron chi connectivity index (χ4n) is 2.38. The highest BCUT2D eigenvalue weighted by Crippen LogP contribution is 2.10. The van der Waals surface area contributed by atoms with Crippen molar-refractivity contribution < 1.29 is 9.53 Å². The van der Waals surface area contributed by atoms with Crippen LogP contribution in [0.5, 0.6) is 0 Å². The lowest BCUT2D eigenvalue weighted by Gasteiger charge is -2.13. The van der Waals surface area contributed by atoms with E-state index in [4.69, 9.17) is 4.74 Å². The molecule has 2 aromatic rings. The molecule has 0 unspecified atom stereocenters. The van der Waals surface area contributed by atoms with Gasteiger partial charge < -0.3 is 9.64 Å². The summed E-state index contributed by atoms with van der Waals surface area (Å²) in [4.78, 5) is 13.5. The molecule has 1 aliphatic rings. The maximum Gasteiger partial charge on any atom is 0.410 e. The number of carbonyl (C=O) groups is 1. The fraction of sp³-hybridized carbons (Fsp3) is 0.400. The van der Waals surface area contributed by atoms with Gasteiger partial charge in [-0.25, -0.2) is 9.48 Å². The van der Waals surface area contributed by atoms with Crippen molar-refractivity contribution >= 4 is 6.09 Å². The lowest BCUT2D eigenvalue weighted by atomic mass is 10.2. The number of hydrogen-bond acceptors (Lipinski definition) is 4. The zero-order valence-corrected chi connectivity index (χ0v) is 11.8. The van der Waals surface area contributed by atoms with Gasteiger partial charge in [-0.3, -0.25) is 0 Å². The van der Waals surface area contributed by atoms with Crippen LogP contribution in [0.2, 0.25) is 0 Å². The van der Waals surface area contributed by atoms with Crippen molar-refractivity contribution in [3.63, 3.8) is 0 Å². The number of likely N-dealkylation sites (tertiary alicyclic amines) is 1. The summed E-state index contributed by atoms with van der Waals surface area (Å²) in [6, 6.07) is 10.0. The average Bonchev–Trinajstić information content (AvgIpc) is 3.17. The lowest BCUT2D eigenvalue weighted by molar-refractivity contribution is 0.103. The quantitative estimate of drug-likeness (QED) is 0.863. The summed E-state index contributed by atoms with van der Waals surface area (Å²) in [7, 11) is 0. The molecule has 0 saturated carbocycles. The SMILES string of the molecule is O=C(OCc1cn(Cc2ccccc2)nn1)N1CCCC1. The standard InChI is InChI=1S/C15H18N4O2/c20-15(18-8-4-5-9-18)21-12-14-11-19(17-16-14)10-13-6-2-1-3-7-13/h1-3,6-7,11H,4-5,8-10,12H2. The van der Waals surface area contributed by atoms with Gasteiger partial charge in [-0.2, -0.15) is 0 Å². The van der Waals surface area contributed by atoms with E-state index in [0.717, 1.165) is 31.5 Å². The Morgan fingerprint density at radius 1 is 1.19 bits per heavy atom. The first-order valence-electron chi connectivity index (χ1n) is 7.16. The van der Waals surface area contributed by atoms with E-state index >= 15 is 0 Å². The zero-order chi connectivity index (χ0) is 14.5. The highest BCUT2D eigenvalue weighted by atomic mass is 16.6. The van der Waals surface area contributed by atoms with Crippen molar-refractivity contribution in [3.8, 4) is 0 Å². The van der Waals surface area contributed by atoms with Crippen molar-refractivity contribution in [1.82, 2.24) is 19.9 Å². The van der Waals surface area contributed by atoms with Gasteiger partial charge in [0.05, 0.1) is 12.7 Å². The maximum absolute atomic E-state index is 11.8. The Kier molecular flexibility index (Phi) is 4.14. The third kappa shape index (κ3) is 3.59. The van der Waals surface area contributed by atoms with E-state index in [-0.39, 0.29) is 12.7 Å². The normalized spacial score (nSPS) is 14.4. The Morgan fingerprint density at radius 2 is 1.95 bits per heavy atom. The molecule has 6 nitrogen and oxygen atoms in total. The molecule has 1 saturated heterocycles. The molecule has 2 heterocycles. The lowest BCUT2D eigenvalue weighted by Crippen LogP contribution is -2.28. The number of carbonyl (C=O) groups excluding carboxylic acids is 1. The minimum atomic E-state index is -0.259. The molecule has 0 bridgehead atoms. The van der Waals surface area contributed by atoms with E-state index in [1.807, 2.05) is 36.5 Å². The van der Waals surface area contributed by atoms with Gasteiger partial charge in [0.2, 0.25) is 0 Å². The van der Waals surface area contributed by atoms with Crippen molar-refractivity contribution in [3.05, 3.63) is 47.8 Å². The number of amides is 1. The van der Waals surface area contributed by atoms with Crippen LogP contribution in [0.3, 0.4) is 0 Å². The molecule has 1 aliphatic heterocycles. The fourth-order valence-corrected chi connectivity index (χ4v) is 2.38. The number of hydrogen-bond donors (Lipinski definition) is 0. The first kappa shape index (κ1) is 13.6. The molecular formula is C15H18N4O2. The summed E-state index contributed by atoms with van der Waals surface area (Å²) < 4.78 is 6.99. The van der Waals surface area contributed by atoms with Crippen molar-refractivity contribution in [2.24, 2.45) is 0 Å². The molecule has 1 amide bonds. The van der Waals surface area contributed by atoms with E-state index in [1.54, 1.807) is 9.58 Å². The van der Waals surface area contributed by atoms with Crippen LogP contribution in [0.4, 0.5) is 4.79 Å². The van der Waals surface area contributed by atoms with Gasteiger partial charge in [0, 0.05) is 13.1 Å². The number of nitrogens with zero attached hydrogens (tertiary/aromatic N) is 4. The highest BCUT2D eigenvalue weighted by molar-refractivity contribution is 5.67. The van der Waals surface area contributed by atoms with Crippen LogP contribution in [-0.2, 0) is 17.9 Å². The molecule has 1 fully saturated rings. The Labute approximate surface area is 123 Å². The second-order valence-electron chi connectivity index (χ2n) is 5.14. The van der Waals surface area contributed by atoms with Crippen LogP contribution in [-0.4, -0.2) is 39.1 Å². The molecule has 0 aliphatic carbocycles. The van der Waals surface area contributed by atoms with Gasteiger partial charge in [-0.1, -0.05) is 35.5 Å². The summed E-state index contributed by atoms with van der Waals surface area (Å²) in [6.45, 7) is 2.41. The minimum Gasteiger partial charge on any atom is -0.443 e. The van der Waals surface area contributed by atoms with Crippen LogP contribution in [0, 0.1) is 0 Å². The first-order chi connectivity index (χ1) is 10.3. The van der Waals surface area contributed by atoms with Crippen molar-refractivity contribution in [1.29, 1.82) is 0 Å². The number of ether oxygens (including phenoxy) is 1. The molecule has 0 atom stereocenters. The smallest absolute Gasteiger partial charge is 0.410 e. The summed E-state index contributed by atoms with van der Waals surface area (Å²) in [5.74, 6) is 0. The van der Waals surface area contributed by atoms with Gasteiger partial charge in [0.15, 0.2) is 0 Å². The molecule has 0 N–H and O–H groups in total. The Bertz CT molecular complexity index is 591. The summed E-state index contributed by atoms with van der Waals surface area (Å²) in [5.41, 5.74) is 1.82. The van der Waals surface area contributed by atoms with Gasteiger partial charge >= 0.3 is 6.09 Å². The molecule has 0 radical (unpaired) electrons. The molecular weight excluding hydrogens is 268 g/mol. The first-order valence-corrected chi connectivity index (χ1v) is 7.16. The van der Waals surface area contributed by atoms with Crippen LogP contribution < -0.4 is 0 Å². The third-order valence-electron chi connectivity index (χ3n) is 3.48. The molecule has 21 heavy (non-hydrogen) atoms. The largest absolute Gasteiger partial charge is 0.443 e. The topological polar surface area (TPSA) is 60.3 Å². The van der Waals surface area contributed by atoms with Gasteiger partial charge in [-0.15, -0.1) is 5.10 Å². The van der Waals surface area contributed by atoms with E-state index in [9.17, 15) is 4.79 Å². The summed E-state index contributed by atoms with van der Waals surface area (Å²) >= 11 is 0. The predicted octanol–water partition coefficient (Wildman–Crippen LogP) is 2.06. The Morgan fingerprint density at radius 3 is 2.71 bits per heavy atom. The van der Waals surface area contributed by atoms with Crippen molar-refractivity contribution in [2.45, 2.75) is 26.0 Å². The van der Waals surface area contributed by atoms with Crippen LogP contribution in [0.25, 0.3) is 0 Å². The summed E-state index contributed by atoms with van der Waals surface area (Å²) in [5, 5.41) is 8.08. The second-order valence-corrected chi connectivity index (χ2v) is 5.14. The third-order valence-corrected chi connectivity index (χ3v) is 3.48. The van der Waals surface area contributed by atoms with E-state index in [0.29, 0.717) is 12.2 Å². The minimum absolute atomic E-state index is 0.171. The molecule has 0 spiro atoms. The van der Waals surface area contributed by atoms with Crippen LogP contribution in [0.1, 0.15) is 24.1 Å². The Hall–Kier alpha value is -2.37. The van der Waals surface area contributed by atoms with Gasteiger partial charge in [0.1, 0.15) is 12.3 Å². The van der Waals surface area contributed by atoms with Gasteiger partial charge in [-0.05, 0) is 18.4 Å². The van der Waals surface area contributed by atoms with Crippen molar-refractivity contribution in [2.75, 3.05) is 13.1 Å². The molecule has 1 aromatic carbocycles. The maximum atomic E-state index is 11.8. The molecule has 110 valence electrons. The molecule has 6 heteroatoms.